The van der Waals surface area contributed by atoms with E-state index in [4.69, 9.17) is 14.6 Å². The fourth-order valence-corrected chi connectivity index (χ4v) is 0.787. The average Bonchev–Trinajstić information content (AvgIpc) is 2.29. The number of carbonyl (C=O) groups is 1. The molecule has 0 unspecified atom stereocenters. The highest BCUT2D eigenvalue weighted by Gasteiger charge is 1.97. The van der Waals surface area contributed by atoms with Crippen molar-refractivity contribution in [3.05, 3.63) is 36.9 Å². The molecule has 0 amide bonds. The maximum atomic E-state index is 9.25. The molecular formula is C11H14O4. The van der Waals surface area contributed by atoms with Crippen LogP contribution in [0.5, 0.6) is 11.5 Å². The number of hydrogen-bond donors (Lipinski definition) is 1. The molecule has 0 aliphatic heterocycles. The van der Waals surface area contributed by atoms with Crippen LogP contribution in [0.2, 0.25) is 0 Å². The molecule has 0 saturated heterocycles. The summed E-state index contributed by atoms with van der Waals surface area (Å²) in [6.07, 6.45) is 0.833. The molecule has 0 saturated carbocycles. The first-order valence-electron chi connectivity index (χ1n) is 4.18. The van der Waals surface area contributed by atoms with Gasteiger partial charge in [0.1, 0.15) is 0 Å². The zero-order valence-corrected chi connectivity index (χ0v) is 8.77. The van der Waals surface area contributed by atoms with Gasteiger partial charge in [0.25, 0.3) is 0 Å². The zero-order valence-electron chi connectivity index (χ0n) is 8.77. The van der Waals surface area contributed by atoms with E-state index in [9.17, 15) is 4.79 Å². The van der Waals surface area contributed by atoms with Gasteiger partial charge in [0, 0.05) is 6.08 Å². The quantitative estimate of drug-likeness (QED) is 0.775. The summed E-state index contributed by atoms with van der Waals surface area (Å²) in [7, 11) is 3.25. The van der Waals surface area contributed by atoms with E-state index in [0.29, 0.717) is 0 Å². The van der Waals surface area contributed by atoms with Crippen LogP contribution in [0.3, 0.4) is 0 Å². The van der Waals surface area contributed by atoms with Crippen LogP contribution in [-0.4, -0.2) is 25.3 Å². The van der Waals surface area contributed by atoms with E-state index in [-0.39, 0.29) is 0 Å². The van der Waals surface area contributed by atoms with Gasteiger partial charge < -0.3 is 14.6 Å². The summed E-state index contributed by atoms with van der Waals surface area (Å²) in [6.45, 7) is 2.96. The summed E-state index contributed by atoms with van der Waals surface area (Å²) in [5.41, 5.74) is 0. The van der Waals surface area contributed by atoms with Crippen LogP contribution in [0.1, 0.15) is 0 Å². The molecule has 0 radical (unpaired) electrons. The number of para-hydroxylation sites is 2. The number of carboxylic acid groups (broad SMARTS) is 1. The summed E-state index contributed by atoms with van der Waals surface area (Å²) in [5, 5.41) is 7.60. The molecule has 15 heavy (non-hydrogen) atoms. The highest BCUT2D eigenvalue weighted by Crippen LogP contribution is 2.24. The van der Waals surface area contributed by atoms with E-state index in [2.05, 4.69) is 6.58 Å². The van der Waals surface area contributed by atoms with Gasteiger partial charge in [0.2, 0.25) is 0 Å². The summed E-state index contributed by atoms with van der Waals surface area (Å²) < 4.78 is 10.0. The minimum Gasteiger partial charge on any atom is -0.493 e. The molecule has 0 spiro atoms. The number of rotatable bonds is 3. The lowest BCUT2D eigenvalue weighted by Gasteiger charge is -2.04. The Morgan fingerprint density at radius 2 is 1.60 bits per heavy atom. The van der Waals surface area contributed by atoms with Gasteiger partial charge in [-0.3, -0.25) is 0 Å². The third-order valence-electron chi connectivity index (χ3n) is 1.46. The van der Waals surface area contributed by atoms with Crippen molar-refractivity contribution in [2.75, 3.05) is 14.2 Å². The standard InChI is InChI=1S/C8H10O2.C3H4O2/c1-9-7-5-3-4-6-8(7)10-2;1-2-3(4)5/h3-6H,1-2H3;2H,1H2,(H,4,5). The minimum absolute atomic E-state index is 0.769. The molecule has 1 rings (SSSR count). The second-order valence-electron chi connectivity index (χ2n) is 2.40. The lowest BCUT2D eigenvalue weighted by atomic mass is 10.3. The van der Waals surface area contributed by atoms with Crippen LogP contribution in [0.4, 0.5) is 0 Å². The van der Waals surface area contributed by atoms with Crippen molar-refractivity contribution in [3.8, 4) is 11.5 Å². The molecule has 1 aromatic carbocycles. The molecule has 0 bridgehead atoms. The fraction of sp³-hybridized carbons (Fsp3) is 0.182. The Kier molecular flexibility index (Phi) is 6.46. The molecule has 4 heteroatoms. The van der Waals surface area contributed by atoms with Gasteiger partial charge in [-0.25, -0.2) is 4.79 Å². The molecular weight excluding hydrogens is 196 g/mol. The Labute approximate surface area is 88.8 Å². The Balaban J connectivity index is 0.000000336. The van der Waals surface area contributed by atoms with Crippen molar-refractivity contribution in [1.82, 2.24) is 0 Å². The molecule has 0 aliphatic carbocycles. The maximum Gasteiger partial charge on any atom is 0.327 e. The molecule has 0 aromatic heterocycles. The monoisotopic (exact) mass is 210 g/mol. The van der Waals surface area contributed by atoms with Gasteiger partial charge in [-0.15, -0.1) is 0 Å². The number of carboxylic acids is 1. The van der Waals surface area contributed by atoms with E-state index in [1.807, 2.05) is 24.3 Å². The van der Waals surface area contributed by atoms with Gasteiger partial charge in [-0.05, 0) is 12.1 Å². The van der Waals surface area contributed by atoms with Crippen molar-refractivity contribution >= 4 is 5.97 Å². The second-order valence-corrected chi connectivity index (χ2v) is 2.40. The normalized spacial score (nSPS) is 8.13. The predicted molar refractivity (Wildman–Crippen MR) is 57.4 cm³/mol. The third-order valence-corrected chi connectivity index (χ3v) is 1.46. The van der Waals surface area contributed by atoms with Crippen molar-refractivity contribution in [2.45, 2.75) is 0 Å². The number of methoxy groups -OCH3 is 2. The van der Waals surface area contributed by atoms with Crippen LogP contribution in [0, 0.1) is 0 Å². The first-order chi connectivity index (χ1) is 7.15. The van der Waals surface area contributed by atoms with Crippen molar-refractivity contribution < 1.29 is 19.4 Å². The van der Waals surface area contributed by atoms with Crippen molar-refractivity contribution in [3.63, 3.8) is 0 Å². The smallest absolute Gasteiger partial charge is 0.327 e. The topological polar surface area (TPSA) is 55.8 Å². The number of ether oxygens (including phenoxy) is 2. The SMILES string of the molecule is C=CC(=O)O.COc1ccccc1OC. The summed E-state index contributed by atoms with van der Waals surface area (Å²) >= 11 is 0. The first kappa shape index (κ1) is 13.0. The molecule has 4 nitrogen and oxygen atoms in total. The molecule has 0 fully saturated rings. The van der Waals surface area contributed by atoms with Crippen LogP contribution < -0.4 is 9.47 Å². The Morgan fingerprint density at radius 3 is 1.80 bits per heavy atom. The van der Waals surface area contributed by atoms with Crippen molar-refractivity contribution in [1.29, 1.82) is 0 Å². The number of hydrogen-bond acceptors (Lipinski definition) is 3. The molecule has 1 N–H and O–H groups in total. The summed E-state index contributed by atoms with van der Waals surface area (Å²) in [6, 6.07) is 7.53. The van der Waals surface area contributed by atoms with Crippen LogP contribution in [0.25, 0.3) is 0 Å². The summed E-state index contributed by atoms with van der Waals surface area (Å²) in [5.74, 6) is 0.556. The minimum atomic E-state index is -0.981. The van der Waals surface area contributed by atoms with Gasteiger partial charge in [0.15, 0.2) is 11.5 Å². The Bertz CT molecular complexity index is 297. The number of aliphatic carboxylic acids is 1. The van der Waals surface area contributed by atoms with Crippen molar-refractivity contribution in [2.24, 2.45) is 0 Å². The van der Waals surface area contributed by atoms with E-state index >= 15 is 0 Å². The molecule has 82 valence electrons. The lowest BCUT2D eigenvalue weighted by Crippen LogP contribution is -1.88. The van der Waals surface area contributed by atoms with Crippen LogP contribution in [-0.2, 0) is 4.79 Å². The third kappa shape index (κ3) is 5.36. The van der Waals surface area contributed by atoms with Gasteiger partial charge in [-0.1, -0.05) is 18.7 Å². The Morgan fingerprint density at radius 1 is 1.27 bits per heavy atom. The number of benzene rings is 1. The zero-order chi connectivity index (χ0) is 11.7. The maximum absolute atomic E-state index is 9.25. The fourth-order valence-electron chi connectivity index (χ4n) is 0.787. The molecule has 0 atom stereocenters. The lowest BCUT2D eigenvalue weighted by molar-refractivity contribution is -0.131. The first-order valence-corrected chi connectivity index (χ1v) is 4.18. The second kappa shape index (κ2) is 7.44. The van der Waals surface area contributed by atoms with Crippen LogP contribution >= 0.6 is 0 Å². The average molecular weight is 210 g/mol. The molecule has 0 aliphatic rings. The largest absolute Gasteiger partial charge is 0.493 e. The Hall–Kier alpha value is -1.97. The predicted octanol–water partition coefficient (Wildman–Crippen LogP) is 1.96. The molecule has 1 aromatic rings. The van der Waals surface area contributed by atoms with Gasteiger partial charge in [-0.2, -0.15) is 0 Å². The highest BCUT2D eigenvalue weighted by atomic mass is 16.5. The van der Waals surface area contributed by atoms with E-state index in [1.54, 1.807) is 14.2 Å². The van der Waals surface area contributed by atoms with Crippen LogP contribution in [0.15, 0.2) is 36.9 Å². The summed E-state index contributed by atoms with van der Waals surface area (Å²) in [4.78, 5) is 9.25. The van der Waals surface area contributed by atoms with E-state index in [0.717, 1.165) is 17.6 Å². The highest BCUT2D eigenvalue weighted by molar-refractivity contribution is 5.78. The van der Waals surface area contributed by atoms with Gasteiger partial charge >= 0.3 is 5.97 Å². The van der Waals surface area contributed by atoms with E-state index < -0.39 is 5.97 Å². The van der Waals surface area contributed by atoms with Gasteiger partial charge in [0.05, 0.1) is 14.2 Å². The van der Waals surface area contributed by atoms with E-state index in [1.165, 1.54) is 0 Å². The molecule has 0 heterocycles.